The first-order valence-corrected chi connectivity index (χ1v) is 5.49. The number of barbiturate groups is 1. The zero-order valence-electron chi connectivity index (χ0n) is 9.79. The first-order valence-electron chi connectivity index (χ1n) is 5.49. The Balaban J connectivity index is 2.99. The molecule has 0 aromatic rings. The summed E-state index contributed by atoms with van der Waals surface area (Å²) in [5.74, 6) is -1.13. The number of urea groups is 1. The largest absolute Gasteiger partial charge is 0.328 e. The molecule has 0 atom stereocenters. The Hall–Kier alpha value is -1.91. The first kappa shape index (κ1) is 13.2. The lowest BCUT2D eigenvalue weighted by Crippen LogP contribution is -2.62. The highest BCUT2D eigenvalue weighted by molar-refractivity contribution is 6.19. The molecule has 0 aliphatic carbocycles. The molecule has 1 heterocycles. The fourth-order valence-electron chi connectivity index (χ4n) is 1.73. The lowest BCUT2D eigenvalue weighted by molar-refractivity contribution is -0.144. The van der Waals surface area contributed by atoms with E-state index in [1.54, 1.807) is 6.08 Å². The van der Waals surface area contributed by atoms with Crippen molar-refractivity contribution in [3.63, 3.8) is 0 Å². The van der Waals surface area contributed by atoms with E-state index in [-0.39, 0.29) is 12.8 Å². The zero-order chi connectivity index (χ0) is 12.9. The summed E-state index contributed by atoms with van der Waals surface area (Å²) in [6, 6.07) is -0.765. The number of amides is 4. The molecular weight excluding hydrogens is 220 g/mol. The number of carbonyl (C=O) groups excluding carboxylic acids is 3. The minimum absolute atomic E-state index is 0.200. The predicted molar refractivity (Wildman–Crippen MR) is 63.0 cm³/mol. The number of nitrogens with one attached hydrogen (secondary N) is 2. The van der Waals surface area contributed by atoms with Gasteiger partial charge in [-0.25, -0.2) is 4.79 Å². The van der Waals surface area contributed by atoms with Crippen molar-refractivity contribution in [1.29, 1.82) is 0 Å². The van der Waals surface area contributed by atoms with Crippen LogP contribution in [0.3, 0.4) is 0 Å². The molecule has 1 rings (SSSR count). The standard InChI is InChI=1S/C12H16N2O3/c1-3-5-6-8-12(7-4-2)9(15)13-11(17)14-10(12)16/h4-6H,2-3,7-8H2,1H3,(H2,13,14,15,16,17)/b6-5+. The maximum Gasteiger partial charge on any atom is 0.328 e. The molecule has 4 amide bonds. The molecule has 5 heteroatoms. The summed E-state index contributed by atoms with van der Waals surface area (Å²) in [6.07, 6.45) is 6.45. The Bertz CT molecular complexity index is 365. The Morgan fingerprint density at radius 3 is 2.18 bits per heavy atom. The van der Waals surface area contributed by atoms with Crippen LogP contribution in [0.5, 0.6) is 0 Å². The summed E-state index contributed by atoms with van der Waals surface area (Å²) >= 11 is 0. The number of hydrogen-bond acceptors (Lipinski definition) is 3. The highest BCUT2D eigenvalue weighted by atomic mass is 16.2. The molecule has 0 bridgehead atoms. The second-order valence-corrected chi connectivity index (χ2v) is 3.90. The van der Waals surface area contributed by atoms with Gasteiger partial charge in [0.05, 0.1) is 0 Å². The van der Waals surface area contributed by atoms with Crippen molar-refractivity contribution in [1.82, 2.24) is 10.6 Å². The minimum Gasteiger partial charge on any atom is -0.277 e. The Kier molecular flexibility index (Phi) is 4.20. The lowest BCUT2D eigenvalue weighted by atomic mass is 9.78. The van der Waals surface area contributed by atoms with Crippen LogP contribution in [0.25, 0.3) is 0 Å². The van der Waals surface area contributed by atoms with Crippen LogP contribution in [0.2, 0.25) is 0 Å². The van der Waals surface area contributed by atoms with E-state index >= 15 is 0 Å². The molecule has 92 valence electrons. The van der Waals surface area contributed by atoms with Crippen LogP contribution in [-0.2, 0) is 9.59 Å². The van der Waals surface area contributed by atoms with Gasteiger partial charge >= 0.3 is 6.03 Å². The van der Waals surface area contributed by atoms with Gasteiger partial charge in [0.2, 0.25) is 11.8 Å². The molecule has 0 saturated carbocycles. The molecule has 17 heavy (non-hydrogen) atoms. The monoisotopic (exact) mass is 236 g/mol. The Morgan fingerprint density at radius 1 is 1.12 bits per heavy atom. The van der Waals surface area contributed by atoms with E-state index in [0.29, 0.717) is 0 Å². The van der Waals surface area contributed by atoms with Crippen molar-refractivity contribution in [3.8, 4) is 0 Å². The van der Waals surface area contributed by atoms with Crippen LogP contribution < -0.4 is 10.6 Å². The Morgan fingerprint density at radius 2 is 1.71 bits per heavy atom. The van der Waals surface area contributed by atoms with Gasteiger partial charge in [-0.15, -0.1) is 6.58 Å². The first-order chi connectivity index (χ1) is 8.06. The highest BCUT2D eigenvalue weighted by Crippen LogP contribution is 2.30. The van der Waals surface area contributed by atoms with Gasteiger partial charge in [0.25, 0.3) is 0 Å². The molecule has 2 N–H and O–H groups in total. The van der Waals surface area contributed by atoms with Crippen molar-refractivity contribution >= 4 is 17.8 Å². The number of hydrogen-bond donors (Lipinski definition) is 2. The van der Waals surface area contributed by atoms with E-state index in [4.69, 9.17) is 0 Å². The van der Waals surface area contributed by atoms with E-state index in [0.717, 1.165) is 6.42 Å². The van der Waals surface area contributed by atoms with Gasteiger partial charge in [-0.05, 0) is 19.3 Å². The quantitative estimate of drug-likeness (QED) is 0.557. The zero-order valence-corrected chi connectivity index (χ0v) is 9.79. The number of imide groups is 2. The maximum atomic E-state index is 11.8. The molecule has 0 spiro atoms. The van der Waals surface area contributed by atoms with Gasteiger partial charge in [0.15, 0.2) is 0 Å². The van der Waals surface area contributed by atoms with Gasteiger partial charge in [0.1, 0.15) is 5.41 Å². The van der Waals surface area contributed by atoms with Crippen molar-refractivity contribution in [3.05, 3.63) is 24.8 Å². The van der Waals surface area contributed by atoms with Crippen LogP contribution in [0, 0.1) is 5.41 Å². The normalized spacial score (nSPS) is 19.0. The summed E-state index contributed by atoms with van der Waals surface area (Å²) in [5.41, 5.74) is -1.25. The van der Waals surface area contributed by atoms with E-state index in [9.17, 15) is 14.4 Å². The second-order valence-electron chi connectivity index (χ2n) is 3.90. The summed E-state index contributed by atoms with van der Waals surface area (Å²) in [7, 11) is 0. The van der Waals surface area contributed by atoms with Gasteiger partial charge in [-0.1, -0.05) is 25.2 Å². The van der Waals surface area contributed by atoms with Gasteiger partial charge < -0.3 is 0 Å². The van der Waals surface area contributed by atoms with E-state index in [1.807, 2.05) is 13.0 Å². The van der Waals surface area contributed by atoms with Crippen molar-refractivity contribution < 1.29 is 14.4 Å². The minimum atomic E-state index is -1.25. The van der Waals surface area contributed by atoms with Crippen LogP contribution in [-0.4, -0.2) is 17.8 Å². The molecule has 1 saturated heterocycles. The van der Waals surface area contributed by atoms with Crippen LogP contribution in [0.4, 0.5) is 4.79 Å². The molecule has 0 aromatic heterocycles. The molecule has 5 nitrogen and oxygen atoms in total. The average molecular weight is 236 g/mol. The third kappa shape index (κ3) is 2.61. The van der Waals surface area contributed by atoms with Crippen molar-refractivity contribution in [2.45, 2.75) is 26.2 Å². The Labute approximate surface area is 100.0 Å². The fraction of sp³-hybridized carbons (Fsp3) is 0.417. The van der Waals surface area contributed by atoms with Crippen molar-refractivity contribution in [2.75, 3.05) is 0 Å². The molecular formula is C12H16N2O3. The number of allylic oxidation sites excluding steroid dienone is 3. The molecule has 1 aliphatic rings. The summed E-state index contributed by atoms with van der Waals surface area (Å²) in [6.45, 7) is 5.51. The topological polar surface area (TPSA) is 75.3 Å². The smallest absolute Gasteiger partial charge is 0.277 e. The third-order valence-electron chi connectivity index (χ3n) is 2.68. The van der Waals surface area contributed by atoms with Gasteiger partial charge in [0, 0.05) is 0 Å². The summed E-state index contributed by atoms with van der Waals surface area (Å²) in [4.78, 5) is 34.7. The van der Waals surface area contributed by atoms with Gasteiger partial charge in [-0.3, -0.25) is 20.2 Å². The summed E-state index contributed by atoms with van der Waals surface area (Å²) in [5, 5.41) is 4.24. The molecule has 1 aliphatic heterocycles. The van der Waals surface area contributed by atoms with E-state index in [2.05, 4.69) is 17.2 Å². The molecule has 0 aromatic carbocycles. The third-order valence-corrected chi connectivity index (χ3v) is 2.68. The van der Waals surface area contributed by atoms with E-state index in [1.165, 1.54) is 6.08 Å². The van der Waals surface area contributed by atoms with Crippen LogP contribution in [0.1, 0.15) is 26.2 Å². The second kappa shape index (κ2) is 5.43. The number of rotatable bonds is 5. The molecule has 1 fully saturated rings. The molecule has 0 radical (unpaired) electrons. The SMILES string of the molecule is C=CCC1(C/C=C/CC)C(=O)NC(=O)NC1=O. The summed E-state index contributed by atoms with van der Waals surface area (Å²) < 4.78 is 0. The fourth-order valence-corrected chi connectivity index (χ4v) is 1.73. The van der Waals surface area contributed by atoms with Crippen molar-refractivity contribution in [2.24, 2.45) is 5.41 Å². The highest BCUT2D eigenvalue weighted by Gasteiger charge is 2.48. The predicted octanol–water partition coefficient (Wildman–Crippen LogP) is 1.27. The van der Waals surface area contributed by atoms with Crippen LogP contribution >= 0.6 is 0 Å². The molecule has 0 unspecified atom stereocenters. The van der Waals surface area contributed by atoms with Gasteiger partial charge in [-0.2, -0.15) is 0 Å². The van der Waals surface area contributed by atoms with Crippen LogP contribution in [0.15, 0.2) is 24.8 Å². The maximum absolute atomic E-state index is 11.8. The number of carbonyl (C=O) groups is 3. The van der Waals surface area contributed by atoms with E-state index < -0.39 is 23.3 Å². The lowest BCUT2D eigenvalue weighted by Gasteiger charge is -2.32. The average Bonchev–Trinajstić information content (AvgIpc) is 2.25.